The molecule has 0 aliphatic carbocycles. The standard InChI is InChI=1S/C30H22N6O4.Ni/c37-35(38)23-13-9-21(10-14-23)25-18-20-32-28-6-2-4-8-30(28)34-26(22-11-15-24(16-12-22)36(39)40)17-19-31-27-5-1-3-7-29(27)33-25;/h1-17,19-20,25H,18H2;/q-2;+2. The van der Waals surface area contributed by atoms with Gasteiger partial charge in [0, 0.05) is 48.1 Å². The molecule has 1 unspecified atom stereocenters. The molecule has 0 saturated heterocycles. The Hall–Kier alpha value is -5.15. The van der Waals surface area contributed by atoms with Crippen LogP contribution in [0.15, 0.2) is 113 Å². The maximum atomic E-state index is 11.1. The van der Waals surface area contributed by atoms with E-state index in [4.69, 9.17) is 10.6 Å². The summed E-state index contributed by atoms with van der Waals surface area (Å²) in [6, 6.07) is 27.0. The van der Waals surface area contributed by atoms with E-state index in [9.17, 15) is 20.2 Å². The Morgan fingerprint density at radius 3 is 1.90 bits per heavy atom. The van der Waals surface area contributed by atoms with E-state index in [0.29, 0.717) is 40.4 Å². The van der Waals surface area contributed by atoms with Crippen molar-refractivity contribution in [2.45, 2.75) is 12.5 Å². The second-order valence-corrected chi connectivity index (χ2v) is 8.76. The number of nitrogens with zero attached hydrogens (tertiary/aromatic N) is 6. The fourth-order valence-corrected chi connectivity index (χ4v) is 4.12. The zero-order valence-corrected chi connectivity index (χ0v) is 22.4. The number of aliphatic imine (C=N–C) groups is 2. The minimum atomic E-state index is -0.446. The summed E-state index contributed by atoms with van der Waals surface area (Å²) in [5, 5.41) is 32.1. The van der Waals surface area contributed by atoms with Crippen LogP contribution in [0.4, 0.5) is 34.1 Å². The molecule has 0 N–H and O–H groups in total. The number of non-ortho nitro benzene ring substituents is 2. The van der Waals surface area contributed by atoms with Gasteiger partial charge in [-0.25, -0.2) is 0 Å². The van der Waals surface area contributed by atoms with Crippen LogP contribution in [0, 0.1) is 20.2 Å². The fraction of sp³-hybridized carbons (Fsp3) is 0.0667. The summed E-state index contributed by atoms with van der Waals surface area (Å²) in [6.07, 6.45) is 5.54. The van der Waals surface area contributed by atoms with Gasteiger partial charge in [0.2, 0.25) is 0 Å². The zero-order chi connectivity index (χ0) is 27.9. The molecule has 0 fully saturated rings. The molecule has 1 aliphatic heterocycles. The van der Waals surface area contributed by atoms with Gasteiger partial charge in [-0.1, -0.05) is 66.2 Å². The number of nitro groups is 2. The first-order valence-electron chi connectivity index (χ1n) is 12.3. The molecule has 5 rings (SSSR count). The minimum absolute atomic E-state index is 0. The maximum absolute atomic E-state index is 11.1. The van der Waals surface area contributed by atoms with Crippen molar-refractivity contribution in [1.29, 1.82) is 0 Å². The van der Waals surface area contributed by atoms with Crippen LogP contribution in [0.3, 0.4) is 0 Å². The van der Waals surface area contributed by atoms with Crippen LogP contribution in [-0.4, -0.2) is 22.3 Å². The normalized spacial score (nSPS) is 14.5. The molecule has 1 heterocycles. The average molecular weight is 589 g/mol. The molecule has 41 heavy (non-hydrogen) atoms. The molecule has 1 atom stereocenters. The summed E-state index contributed by atoms with van der Waals surface area (Å²) in [5.74, 6) is 0. The van der Waals surface area contributed by atoms with Gasteiger partial charge >= 0.3 is 16.5 Å². The van der Waals surface area contributed by atoms with Gasteiger partial charge in [-0.15, -0.1) is 17.1 Å². The second-order valence-electron chi connectivity index (χ2n) is 8.76. The van der Waals surface area contributed by atoms with Crippen LogP contribution in [-0.2, 0) is 16.5 Å². The molecular weight excluding hydrogens is 567 g/mol. The number of fused-ring (bicyclic) bond motifs is 2. The van der Waals surface area contributed by atoms with Crippen molar-refractivity contribution in [1.82, 2.24) is 0 Å². The zero-order valence-electron chi connectivity index (χ0n) is 21.4. The number of hydrogen-bond donors (Lipinski definition) is 0. The van der Waals surface area contributed by atoms with E-state index >= 15 is 0 Å². The van der Waals surface area contributed by atoms with Crippen molar-refractivity contribution in [2.75, 3.05) is 0 Å². The molecular formula is C30H22N6NiO4. The van der Waals surface area contributed by atoms with Gasteiger partial charge in [0.25, 0.3) is 11.4 Å². The van der Waals surface area contributed by atoms with E-state index in [1.807, 2.05) is 48.5 Å². The Morgan fingerprint density at radius 1 is 0.707 bits per heavy atom. The Kier molecular flexibility index (Phi) is 9.34. The molecule has 11 heteroatoms. The summed E-state index contributed by atoms with van der Waals surface area (Å²) >= 11 is 0. The third-order valence-corrected chi connectivity index (χ3v) is 6.17. The van der Waals surface area contributed by atoms with Gasteiger partial charge in [-0.2, -0.15) is 0 Å². The number of rotatable bonds is 4. The van der Waals surface area contributed by atoms with Gasteiger partial charge < -0.3 is 10.6 Å². The first-order chi connectivity index (χ1) is 19.5. The van der Waals surface area contributed by atoms with Crippen molar-refractivity contribution in [3.63, 3.8) is 0 Å². The summed E-state index contributed by atoms with van der Waals surface area (Å²) in [6.45, 7) is 0. The molecule has 0 amide bonds. The molecule has 0 bridgehead atoms. The van der Waals surface area contributed by atoms with E-state index in [1.54, 1.807) is 42.8 Å². The van der Waals surface area contributed by atoms with Crippen molar-refractivity contribution < 1.29 is 26.3 Å². The molecule has 1 aliphatic rings. The van der Waals surface area contributed by atoms with Crippen LogP contribution in [0.25, 0.3) is 16.3 Å². The first kappa shape index (κ1) is 28.9. The number of allylic oxidation sites excluding steroid dienone is 1. The second kappa shape index (κ2) is 13.3. The van der Waals surface area contributed by atoms with Crippen LogP contribution >= 0.6 is 0 Å². The number of benzene rings is 4. The molecule has 4 aromatic carbocycles. The summed E-state index contributed by atoms with van der Waals surface area (Å²) in [4.78, 5) is 30.7. The van der Waals surface area contributed by atoms with Gasteiger partial charge in [0.05, 0.1) is 9.85 Å². The van der Waals surface area contributed by atoms with Crippen LogP contribution in [0.5, 0.6) is 0 Å². The SMILES string of the molecule is O=[N+]([O-])c1ccc(C2=CC=Nc3ccccc3[N-]C(c3ccc([N+](=O)[O-])cc3)CC=Nc3ccccc3[N-]2)cc1.[Ni+2]. The predicted molar refractivity (Wildman–Crippen MR) is 157 cm³/mol. The van der Waals surface area contributed by atoms with Gasteiger partial charge in [-0.3, -0.25) is 30.2 Å². The minimum Gasteiger partial charge on any atom is -0.676 e. The predicted octanol–water partition coefficient (Wildman–Crippen LogP) is 8.80. The van der Waals surface area contributed by atoms with E-state index < -0.39 is 9.85 Å². The molecule has 206 valence electrons. The molecule has 0 radical (unpaired) electrons. The fourth-order valence-electron chi connectivity index (χ4n) is 4.12. The van der Waals surface area contributed by atoms with Crippen molar-refractivity contribution in [3.05, 3.63) is 145 Å². The summed E-state index contributed by atoms with van der Waals surface area (Å²) in [7, 11) is 0. The van der Waals surface area contributed by atoms with Crippen molar-refractivity contribution >= 4 is 52.3 Å². The average Bonchev–Trinajstić information content (AvgIpc) is 2.97. The Labute approximate surface area is 245 Å². The van der Waals surface area contributed by atoms with E-state index in [1.165, 1.54) is 24.3 Å². The van der Waals surface area contributed by atoms with Crippen molar-refractivity contribution in [2.24, 2.45) is 9.98 Å². The smallest absolute Gasteiger partial charge is 0.676 e. The topological polar surface area (TPSA) is 139 Å². The quantitative estimate of drug-likeness (QED) is 0.133. The van der Waals surface area contributed by atoms with Crippen LogP contribution in [0.2, 0.25) is 0 Å². The van der Waals surface area contributed by atoms with Crippen molar-refractivity contribution in [3.8, 4) is 0 Å². The third kappa shape index (κ3) is 7.09. The van der Waals surface area contributed by atoms with E-state index in [2.05, 4.69) is 9.98 Å². The Morgan fingerprint density at radius 2 is 1.27 bits per heavy atom. The number of nitro benzene ring substituents is 2. The summed E-state index contributed by atoms with van der Waals surface area (Å²) in [5.41, 5.74) is 4.55. The van der Waals surface area contributed by atoms with Crippen LogP contribution < -0.4 is 0 Å². The third-order valence-electron chi connectivity index (χ3n) is 6.17. The Balaban J connectivity index is 0.00000387. The molecule has 0 aromatic heterocycles. The first-order valence-corrected chi connectivity index (χ1v) is 12.3. The Bertz CT molecular complexity index is 1640. The molecule has 0 saturated carbocycles. The van der Waals surface area contributed by atoms with Crippen LogP contribution in [0.1, 0.15) is 23.6 Å². The number of hydrogen-bond acceptors (Lipinski definition) is 6. The maximum Gasteiger partial charge on any atom is 2.00 e. The molecule has 4 aromatic rings. The van der Waals surface area contributed by atoms with Gasteiger partial charge in [0.1, 0.15) is 0 Å². The monoisotopic (exact) mass is 588 g/mol. The molecule has 10 nitrogen and oxygen atoms in total. The van der Waals surface area contributed by atoms with Gasteiger partial charge in [0.15, 0.2) is 0 Å². The number of para-hydroxylation sites is 4. The largest absolute Gasteiger partial charge is 2.00 e. The van der Waals surface area contributed by atoms with Gasteiger partial charge in [-0.05, 0) is 36.2 Å². The van der Waals surface area contributed by atoms with E-state index in [0.717, 1.165) is 5.56 Å². The van der Waals surface area contributed by atoms with E-state index in [-0.39, 0.29) is 33.9 Å². The summed E-state index contributed by atoms with van der Waals surface area (Å²) < 4.78 is 0. The molecule has 0 spiro atoms.